The van der Waals surface area contributed by atoms with Gasteiger partial charge in [0.15, 0.2) is 0 Å². The Morgan fingerprint density at radius 3 is 2.64 bits per heavy atom. The largest absolute Gasteiger partial charge is 0.444 e. The molecule has 1 aliphatic heterocycles. The summed E-state index contributed by atoms with van der Waals surface area (Å²) >= 11 is 0. The van der Waals surface area contributed by atoms with E-state index < -0.39 is 5.60 Å². The second kappa shape index (κ2) is 8.17. The lowest BCUT2D eigenvalue weighted by Crippen LogP contribution is -2.50. The van der Waals surface area contributed by atoms with Crippen LogP contribution < -0.4 is 5.32 Å². The zero-order valence-corrected chi connectivity index (χ0v) is 14.4. The van der Waals surface area contributed by atoms with Crippen LogP contribution in [0.1, 0.15) is 33.6 Å². The molecule has 0 spiro atoms. The van der Waals surface area contributed by atoms with E-state index in [-0.39, 0.29) is 18.0 Å². The van der Waals surface area contributed by atoms with Gasteiger partial charge in [-0.05, 0) is 47.7 Å². The lowest BCUT2D eigenvalue weighted by atomic mass is 10.1. The van der Waals surface area contributed by atoms with Crippen LogP contribution >= 0.6 is 0 Å². The fourth-order valence-electron chi connectivity index (χ4n) is 2.21. The van der Waals surface area contributed by atoms with Crippen molar-refractivity contribution in [1.29, 1.82) is 0 Å². The third-order valence-corrected chi connectivity index (χ3v) is 3.16. The van der Waals surface area contributed by atoms with Gasteiger partial charge in [-0.15, -0.1) is 0 Å². The zero-order chi connectivity index (χ0) is 16.8. The number of likely N-dealkylation sites (tertiary alicyclic amines) is 1. The number of likely N-dealkylation sites (N-methyl/N-ethyl adjacent to an activating group) is 1. The summed E-state index contributed by atoms with van der Waals surface area (Å²) < 4.78 is 5.38. The van der Waals surface area contributed by atoms with E-state index in [1.807, 2.05) is 45.8 Å². The number of carbonyl (C=O) groups excluding carboxylic acids is 2. The van der Waals surface area contributed by atoms with E-state index in [2.05, 4.69) is 5.32 Å². The van der Waals surface area contributed by atoms with E-state index in [1.54, 1.807) is 11.0 Å². The van der Waals surface area contributed by atoms with E-state index in [0.717, 1.165) is 19.4 Å². The molecule has 0 aromatic rings. The van der Waals surface area contributed by atoms with Gasteiger partial charge in [0.05, 0.1) is 0 Å². The number of carbonyl (C=O) groups is 2. The van der Waals surface area contributed by atoms with Crippen molar-refractivity contribution in [1.82, 2.24) is 15.1 Å². The fourth-order valence-corrected chi connectivity index (χ4v) is 2.21. The van der Waals surface area contributed by atoms with Crippen LogP contribution in [0.5, 0.6) is 0 Å². The lowest BCUT2D eigenvalue weighted by Gasteiger charge is -2.34. The minimum atomic E-state index is -0.498. The SMILES string of the molecule is CN(C)C/C=C/C(=O)N[C@H]1CCCN(C(=O)OC(C)(C)C)C1. The molecule has 0 aliphatic carbocycles. The van der Waals surface area contributed by atoms with Crippen LogP contribution in [0.2, 0.25) is 0 Å². The van der Waals surface area contributed by atoms with Crippen molar-refractivity contribution < 1.29 is 14.3 Å². The Labute approximate surface area is 133 Å². The normalized spacial score (nSPS) is 19.5. The lowest BCUT2D eigenvalue weighted by molar-refractivity contribution is -0.117. The van der Waals surface area contributed by atoms with Gasteiger partial charge >= 0.3 is 6.09 Å². The van der Waals surface area contributed by atoms with E-state index in [4.69, 9.17) is 4.74 Å². The van der Waals surface area contributed by atoms with Crippen molar-refractivity contribution in [3.63, 3.8) is 0 Å². The van der Waals surface area contributed by atoms with Crippen LogP contribution in [-0.2, 0) is 9.53 Å². The quantitative estimate of drug-likeness (QED) is 0.802. The van der Waals surface area contributed by atoms with Gasteiger partial charge in [-0.3, -0.25) is 4.79 Å². The minimum absolute atomic E-state index is 0.0159. The molecule has 0 aromatic carbocycles. The number of hydrogen-bond donors (Lipinski definition) is 1. The zero-order valence-electron chi connectivity index (χ0n) is 14.4. The Morgan fingerprint density at radius 2 is 2.05 bits per heavy atom. The van der Waals surface area contributed by atoms with Crippen LogP contribution in [0.4, 0.5) is 4.79 Å². The topological polar surface area (TPSA) is 61.9 Å². The molecule has 1 heterocycles. The Bertz CT molecular complexity index is 413. The van der Waals surface area contributed by atoms with Crippen molar-refractivity contribution in [2.45, 2.75) is 45.3 Å². The van der Waals surface area contributed by atoms with Gasteiger partial charge in [-0.2, -0.15) is 0 Å². The molecular weight excluding hydrogens is 282 g/mol. The standard InChI is InChI=1S/C16H29N3O3/c1-16(2,3)22-15(21)19-11-6-8-13(12-19)17-14(20)9-7-10-18(4)5/h7,9,13H,6,8,10-12H2,1-5H3,(H,17,20)/b9-7+/t13-/m0/s1. The smallest absolute Gasteiger partial charge is 0.410 e. The Balaban J connectivity index is 2.44. The molecule has 22 heavy (non-hydrogen) atoms. The van der Waals surface area contributed by atoms with E-state index >= 15 is 0 Å². The highest BCUT2D eigenvalue weighted by molar-refractivity contribution is 5.87. The molecule has 0 bridgehead atoms. The van der Waals surface area contributed by atoms with Crippen molar-refractivity contribution in [2.24, 2.45) is 0 Å². The molecule has 1 atom stereocenters. The molecule has 1 saturated heterocycles. The maximum absolute atomic E-state index is 12.1. The van der Waals surface area contributed by atoms with Crippen molar-refractivity contribution in [3.8, 4) is 0 Å². The molecule has 0 radical (unpaired) electrons. The van der Waals surface area contributed by atoms with Crippen molar-refractivity contribution in [2.75, 3.05) is 33.7 Å². The predicted molar refractivity (Wildman–Crippen MR) is 86.7 cm³/mol. The summed E-state index contributed by atoms with van der Waals surface area (Å²) in [6, 6.07) is -0.0159. The van der Waals surface area contributed by atoms with Gasteiger partial charge < -0.3 is 19.9 Å². The average molecular weight is 311 g/mol. The van der Waals surface area contributed by atoms with Crippen LogP contribution in [0.25, 0.3) is 0 Å². The van der Waals surface area contributed by atoms with E-state index in [0.29, 0.717) is 13.1 Å². The van der Waals surface area contributed by atoms with Crippen LogP contribution in [0.3, 0.4) is 0 Å². The van der Waals surface area contributed by atoms with Crippen LogP contribution in [0, 0.1) is 0 Å². The molecular formula is C16H29N3O3. The number of rotatable bonds is 4. The highest BCUT2D eigenvalue weighted by atomic mass is 16.6. The van der Waals surface area contributed by atoms with Gasteiger partial charge in [-0.1, -0.05) is 6.08 Å². The minimum Gasteiger partial charge on any atom is -0.444 e. The van der Waals surface area contributed by atoms with Crippen molar-refractivity contribution >= 4 is 12.0 Å². The Kier molecular flexibility index (Phi) is 6.87. The number of amides is 2. The molecule has 0 saturated carbocycles. The van der Waals surface area contributed by atoms with Gasteiger partial charge in [0.25, 0.3) is 0 Å². The molecule has 1 aliphatic rings. The molecule has 1 rings (SSSR count). The van der Waals surface area contributed by atoms with E-state index in [9.17, 15) is 9.59 Å². The first-order chi connectivity index (χ1) is 10.2. The molecule has 0 unspecified atom stereocenters. The number of ether oxygens (including phenoxy) is 1. The molecule has 1 N–H and O–H groups in total. The summed E-state index contributed by atoms with van der Waals surface area (Å²) in [6.45, 7) is 7.46. The highest BCUT2D eigenvalue weighted by Gasteiger charge is 2.27. The first-order valence-electron chi connectivity index (χ1n) is 7.77. The number of nitrogens with one attached hydrogen (secondary N) is 1. The van der Waals surface area contributed by atoms with Crippen LogP contribution in [-0.4, -0.2) is 67.2 Å². The molecule has 2 amide bonds. The Morgan fingerprint density at radius 1 is 1.36 bits per heavy atom. The summed E-state index contributed by atoms with van der Waals surface area (Å²) in [5, 5.41) is 2.95. The molecule has 0 aromatic heterocycles. The number of piperidine rings is 1. The number of hydrogen-bond acceptors (Lipinski definition) is 4. The van der Waals surface area contributed by atoms with E-state index in [1.165, 1.54) is 0 Å². The second-order valence-corrected chi connectivity index (χ2v) is 6.94. The summed E-state index contributed by atoms with van der Waals surface area (Å²) in [6.07, 6.45) is 4.81. The van der Waals surface area contributed by atoms with Gasteiger partial charge in [-0.25, -0.2) is 4.79 Å². The molecule has 126 valence electrons. The maximum atomic E-state index is 12.1. The molecule has 1 fully saturated rings. The molecule has 6 nitrogen and oxygen atoms in total. The predicted octanol–water partition coefficient (Wildman–Crippen LogP) is 1.62. The third kappa shape index (κ3) is 7.45. The van der Waals surface area contributed by atoms with Gasteiger partial charge in [0, 0.05) is 31.8 Å². The fraction of sp³-hybridized carbons (Fsp3) is 0.750. The summed E-state index contributed by atoms with van der Waals surface area (Å²) in [4.78, 5) is 27.6. The number of nitrogens with zero attached hydrogens (tertiary/aromatic N) is 2. The summed E-state index contributed by atoms with van der Waals surface area (Å²) in [5.74, 6) is -0.113. The third-order valence-electron chi connectivity index (χ3n) is 3.16. The second-order valence-electron chi connectivity index (χ2n) is 6.94. The first-order valence-corrected chi connectivity index (χ1v) is 7.77. The Hall–Kier alpha value is -1.56. The first kappa shape index (κ1) is 18.5. The van der Waals surface area contributed by atoms with Gasteiger partial charge in [0.2, 0.25) is 5.91 Å². The summed E-state index contributed by atoms with van der Waals surface area (Å²) in [5.41, 5.74) is -0.498. The van der Waals surface area contributed by atoms with Crippen LogP contribution in [0.15, 0.2) is 12.2 Å². The highest BCUT2D eigenvalue weighted by Crippen LogP contribution is 2.15. The molecule has 6 heteroatoms. The summed E-state index contributed by atoms with van der Waals surface area (Å²) in [7, 11) is 3.89. The van der Waals surface area contributed by atoms with Crippen molar-refractivity contribution in [3.05, 3.63) is 12.2 Å². The monoisotopic (exact) mass is 311 g/mol. The average Bonchev–Trinajstić information content (AvgIpc) is 2.36. The maximum Gasteiger partial charge on any atom is 0.410 e. The van der Waals surface area contributed by atoms with Gasteiger partial charge in [0.1, 0.15) is 5.60 Å².